The molecule has 17 heavy (non-hydrogen) atoms. The van der Waals surface area contributed by atoms with Crippen molar-refractivity contribution >= 4 is 5.78 Å². The van der Waals surface area contributed by atoms with Crippen molar-refractivity contribution in [3.05, 3.63) is 34.9 Å². The Balaban J connectivity index is 2.41. The van der Waals surface area contributed by atoms with Gasteiger partial charge in [0.25, 0.3) is 0 Å². The third-order valence-electron chi connectivity index (χ3n) is 3.39. The lowest BCUT2D eigenvalue weighted by Crippen LogP contribution is -2.44. The van der Waals surface area contributed by atoms with E-state index in [9.17, 15) is 13.6 Å². The number of hydrogen-bond donors (Lipinski definition) is 1. The first-order chi connectivity index (χ1) is 7.96. The maximum absolute atomic E-state index is 13.7. The summed E-state index contributed by atoms with van der Waals surface area (Å²) in [5, 5.41) is 3.05. The topological polar surface area (TPSA) is 29.1 Å². The van der Waals surface area contributed by atoms with Gasteiger partial charge in [0.2, 0.25) is 0 Å². The van der Waals surface area contributed by atoms with Crippen LogP contribution in [0.25, 0.3) is 0 Å². The maximum Gasteiger partial charge on any atom is 0.185 e. The van der Waals surface area contributed by atoms with Crippen LogP contribution >= 0.6 is 0 Å². The monoisotopic (exact) mass is 239 g/mol. The van der Waals surface area contributed by atoms with E-state index in [1.54, 1.807) is 6.92 Å². The van der Waals surface area contributed by atoms with E-state index < -0.39 is 17.2 Å². The highest BCUT2D eigenvalue weighted by atomic mass is 19.2. The normalized spacial score (nSPS) is 24.0. The van der Waals surface area contributed by atoms with Gasteiger partial charge in [0.15, 0.2) is 17.4 Å². The second kappa shape index (κ2) is 4.18. The van der Waals surface area contributed by atoms with Crippen molar-refractivity contribution in [3.8, 4) is 0 Å². The van der Waals surface area contributed by atoms with Crippen molar-refractivity contribution in [2.75, 3.05) is 6.54 Å². The summed E-state index contributed by atoms with van der Waals surface area (Å²) >= 11 is 0. The molecule has 1 aliphatic heterocycles. The Morgan fingerprint density at radius 3 is 2.65 bits per heavy atom. The van der Waals surface area contributed by atoms with Gasteiger partial charge in [-0.2, -0.15) is 0 Å². The van der Waals surface area contributed by atoms with E-state index in [1.165, 1.54) is 19.1 Å². The minimum absolute atomic E-state index is 0.162. The van der Waals surface area contributed by atoms with E-state index in [0.29, 0.717) is 6.42 Å². The fraction of sp³-hybridized carbons (Fsp3) is 0.462. The van der Waals surface area contributed by atoms with Crippen LogP contribution in [0.4, 0.5) is 8.78 Å². The number of ketones is 1. The Morgan fingerprint density at radius 2 is 2.06 bits per heavy atom. The molecule has 1 heterocycles. The molecular formula is C13H15F2NO. The van der Waals surface area contributed by atoms with Crippen LogP contribution in [-0.2, 0) is 0 Å². The lowest BCUT2D eigenvalue weighted by atomic mass is 9.89. The Hall–Kier alpha value is -1.29. The highest BCUT2D eigenvalue weighted by Gasteiger charge is 2.38. The molecule has 1 aromatic carbocycles. The highest BCUT2D eigenvalue weighted by Crippen LogP contribution is 2.26. The minimum atomic E-state index is -1.04. The Morgan fingerprint density at radius 1 is 1.35 bits per heavy atom. The molecule has 1 N–H and O–H groups in total. The molecule has 0 radical (unpaired) electrons. The summed E-state index contributed by atoms with van der Waals surface area (Å²) in [5.74, 6) is -2.34. The van der Waals surface area contributed by atoms with Crippen LogP contribution in [0.5, 0.6) is 0 Å². The van der Waals surface area contributed by atoms with Crippen molar-refractivity contribution < 1.29 is 13.6 Å². The van der Waals surface area contributed by atoms with Crippen molar-refractivity contribution in [3.63, 3.8) is 0 Å². The molecule has 1 unspecified atom stereocenters. The molecule has 0 aromatic heterocycles. The smallest absolute Gasteiger partial charge is 0.185 e. The van der Waals surface area contributed by atoms with Crippen LogP contribution in [-0.4, -0.2) is 17.9 Å². The molecule has 0 spiro atoms. The van der Waals surface area contributed by atoms with Crippen LogP contribution in [0, 0.1) is 18.6 Å². The first kappa shape index (κ1) is 12.2. The van der Waals surface area contributed by atoms with Gasteiger partial charge in [0, 0.05) is 0 Å². The maximum atomic E-state index is 13.7. The number of carbonyl (C=O) groups is 1. The number of nitrogens with one attached hydrogen (secondary N) is 1. The lowest BCUT2D eigenvalue weighted by molar-refractivity contribution is 0.0879. The van der Waals surface area contributed by atoms with Gasteiger partial charge >= 0.3 is 0 Å². The predicted octanol–water partition coefficient (Wildman–Crippen LogP) is 2.60. The van der Waals surface area contributed by atoms with Crippen molar-refractivity contribution in [1.29, 1.82) is 0 Å². The van der Waals surface area contributed by atoms with Crippen molar-refractivity contribution in [2.24, 2.45) is 0 Å². The Labute approximate surface area is 99.0 Å². The van der Waals surface area contributed by atoms with E-state index in [1.807, 2.05) is 0 Å². The summed E-state index contributed by atoms with van der Waals surface area (Å²) in [5.41, 5.74) is -0.712. The fourth-order valence-corrected chi connectivity index (χ4v) is 2.21. The van der Waals surface area contributed by atoms with Crippen LogP contribution in [0.2, 0.25) is 0 Å². The molecule has 1 atom stereocenters. The van der Waals surface area contributed by atoms with Gasteiger partial charge in [0.1, 0.15) is 0 Å². The predicted molar refractivity (Wildman–Crippen MR) is 61.1 cm³/mol. The molecule has 1 fully saturated rings. The molecular weight excluding hydrogens is 224 g/mol. The SMILES string of the molecule is Cc1ccc(C(=O)C2(C)CCCN2)c(F)c1F. The van der Waals surface area contributed by atoms with Crippen LogP contribution in [0.1, 0.15) is 35.7 Å². The van der Waals surface area contributed by atoms with Gasteiger partial charge in [-0.15, -0.1) is 0 Å². The van der Waals surface area contributed by atoms with E-state index in [-0.39, 0.29) is 16.9 Å². The molecule has 2 rings (SSSR count). The zero-order valence-corrected chi connectivity index (χ0v) is 9.94. The molecule has 0 saturated carbocycles. The number of halogens is 2. The second-order valence-corrected chi connectivity index (χ2v) is 4.75. The number of rotatable bonds is 2. The molecule has 0 aliphatic carbocycles. The van der Waals surface area contributed by atoms with Crippen molar-refractivity contribution in [2.45, 2.75) is 32.2 Å². The van der Waals surface area contributed by atoms with Crippen LogP contribution < -0.4 is 5.32 Å². The standard InChI is InChI=1S/C13H15F2NO/c1-8-4-5-9(11(15)10(8)14)12(17)13(2)6-3-7-16-13/h4-5,16H,3,6-7H2,1-2H3. The molecule has 4 heteroatoms. The van der Waals surface area contributed by atoms with Crippen LogP contribution in [0.15, 0.2) is 12.1 Å². The zero-order valence-electron chi connectivity index (χ0n) is 9.94. The lowest BCUT2D eigenvalue weighted by Gasteiger charge is -2.23. The third-order valence-corrected chi connectivity index (χ3v) is 3.39. The summed E-state index contributed by atoms with van der Waals surface area (Å²) in [6, 6.07) is 2.80. The molecule has 1 aliphatic rings. The molecule has 0 amide bonds. The fourth-order valence-electron chi connectivity index (χ4n) is 2.21. The zero-order chi connectivity index (χ0) is 12.6. The summed E-state index contributed by atoms with van der Waals surface area (Å²) in [4.78, 5) is 12.2. The van der Waals surface area contributed by atoms with E-state index in [2.05, 4.69) is 5.32 Å². The van der Waals surface area contributed by atoms with Gasteiger partial charge in [-0.3, -0.25) is 4.79 Å². The number of hydrogen-bond acceptors (Lipinski definition) is 2. The average molecular weight is 239 g/mol. The number of aryl methyl sites for hydroxylation is 1. The highest BCUT2D eigenvalue weighted by molar-refractivity contribution is 6.03. The second-order valence-electron chi connectivity index (χ2n) is 4.75. The molecule has 92 valence electrons. The minimum Gasteiger partial charge on any atom is -0.305 e. The van der Waals surface area contributed by atoms with Crippen molar-refractivity contribution in [1.82, 2.24) is 5.32 Å². The molecule has 0 bridgehead atoms. The van der Waals surface area contributed by atoms with Gasteiger partial charge in [-0.05, 0) is 44.9 Å². The van der Waals surface area contributed by atoms with Gasteiger partial charge < -0.3 is 5.32 Å². The van der Waals surface area contributed by atoms with Gasteiger partial charge in [-0.1, -0.05) is 6.07 Å². The number of carbonyl (C=O) groups excluding carboxylic acids is 1. The van der Waals surface area contributed by atoms with E-state index >= 15 is 0 Å². The Kier molecular flexibility index (Phi) is 3.00. The third kappa shape index (κ3) is 1.97. The number of benzene rings is 1. The van der Waals surface area contributed by atoms with Gasteiger partial charge in [-0.25, -0.2) is 8.78 Å². The first-order valence-corrected chi connectivity index (χ1v) is 5.70. The first-order valence-electron chi connectivity index (χ1n) is 5.70. The summed E-state index contributed by atoms with van der Waals surface area (Å²) in [6.07, 6.45) is 1.53. The molecule has 1 aromatic rings. The van der Waals surface area contributed by atoms with E-state index in [4.69, 9.17) is 0 Å². The average Bonchev–Trinajstić information content (AvgIpc) is 2.74. The van der Waals surface area contributed by atoms with Crippen LogP contribution in [0.3, 0.4) is 0 Å². The summed E-state index contributed by atoms with van der Waals surface area (Å²) in [6.45, 7) is 3.94. The summed E-state index contributed by atoms with van der Waals surface area (Å²) < 4.78 is 27.1. The largest absolute Gasteiger partial charge is 0.305 e. The Bertz CT molecular complexity index is 465. The molecule has 2 nitrogen and oxygen atoms in total. The van der Waals surface area contributed by atoms with Gasteiger partial charge in [0.05, 0.1) is 11.1 Å². The summed E-state index contributed by atoms with van der Waals surface area (Å²) in [7, 11) is 0. The molecule has 1 saturated heterocycles. The van der Waals surface area contributed by atoms with E-state index in [0.717, 1.165) is 13.0 Å². The number of Topliss-reactive ketones (excluding diaryl/α,β-unsaturated/α-hetero) is 1. The quantitative estimate of drug-likeness (QED) is 0.804.